The molecular formula is C11H22N2O. The van der Waals surface area contributed by atoms with Crippen molar-refractivity contribution in [3.63, 3.8) is 0 Å². The SMILES string of the molecule is CN1CCC2(CC1)CCC(C)(CO)N2. The van der Waals surface area contributed by atoms with E-state index >= 15 is 0 Å². The van der Waals surface area contributed by atoms with Gasteiger partial charge in [-0.1, -0.05) is 0 Å². The zero-order valence-corrected chi connectivity index (χ0v) is 9.34. The zero-order chi connectivity index (χ0) is 10.2. The molecule has 2 fully saturated rings. The van der Waals surface area contributed by atoms with E-state index in [9.17, 15) is 5.11 Å². The molecule has 1 spiro atoms. The fourth-order valence-electron chi connectivity index (χ4n) is 2.82. The minimum atomic E-state index is -0.0179. The third-order valence-corrected chi connectivity index (χ3v) is 4.02. The van der Waals surface area contributed by atoms with Crippen LogP contribution in [0.5, 0.6) is 0 Å². The molecule has 14 heavy (non-hydrogen) atoms. The summed E-state index contributed by atoms with van der Waals surface area (Å²) in [6.45, 7) is 4.79. The Hall–Kier alpha value is -0.120. The highest BCUT2D eigenvalue weighted by Crippen LogP contribution is 2.37. The Labute approximate surface area is 86.5 Å². The maximum absolute atomic E-state index is 9.32. The summed E-state index contributed by atoms with van der Waals surface area (Å²) in [4.78, 5) is 2.39. The molecule has 1 atom stereocenters. The van der Waals surface area contributed by atoms with Gasteiger partial charge < -0.3 is 15.3 Å². The number of nitrogens with zero attached hydrogens (tertiary/aromatic N) is 1. The second kappa shape index (κ2) is 3.47. The molecule has 0 radical (unpaired) electrons. The van der Waals surface area contributed by atoms with Gasteiger partial charge in [0.05, 0.1) is 6.61 Å². The highest BCUT2D eigenvalue weighted by atomic mass is 16.3. The van der Waals surface area contributed by atoms with Gasteiger partial charge in [0.1, 0.15) is 0 Å². The molecule has 0 bridgehead atoms. The molecule has 0 aliphatic carbocycles. The van der Waals surface area contributed by atoms with E-state index in [1.165, 1.54) is 32.4 Å². The molecule has 3 heteroatoms. The van der Waals surface area contributed by atoms with Gasteiger partial charge in [0, 0.05) is 11.1 Å². The van der Waals surface area contributed by atoms with Crippen molar-refractivity contribution in [1.29, 1.82) is 0 Å². The highest BCUT2D eigenvalue weighted by Gasteiger charge is 2.45. The predicted molar refractivity (Wildman–Crippen MR) is 57.3 cm³/mol. The van der Waals surface area contributed by atoms with Crippen molar-refractivity contribution in [2.24, 2.45) is 0 Å². The van der Waals surface area contributed by atoms with Gasteiger partial charge in [0.15, 0.2) is 0 Å². The van der Waals surface area contributed by atoms with Gasteiger partial charge in [-0.25, -0.2) is 0 Å². The van der Waals surface area contributed by atoms with Crippen LogP contribution in [0.3, 0.4) is 0 Å². The number of piperidine rings is 1. The van der Waals surface area contributed by atoms with E-state index in [1.54, 1.807) is 0 Å². The number of hydrogen-bond acceptors (Lipinski definition) is 3. The first kappa shape index (κ1) is 10.4. The summed E-state index contributed by atoms with van der Waals surface area (Å²) in [5.74, 6) is 0. The number of hydrogen-bond donors (Lipinski definition) is 2. The molecule has 2 saturated heterocycles. The standard InChI is InChI=1S/C11H22N2O/c1-10(9-14)3-4-11(12-10)5-7-13(2)8-6-11/h12,14H,3-9H2,1-2H3. The molecule has 0 amide bonds. The summed E-state index contributed by atoms with van der Waals surface area (Å²) in [7, 11) is 2.19. The molecule has 0 aromatic carbocycles. The van der Waals surface area contributed by atoms with Gasteiger partial charge >= 0.3 is 0 Å². The second-order valence-electron chi connectivity index (χ2n) is 5.43. The number of rotatable bonds is 1. The number of aliphatic hydroxyl groups excluding tert-OH is 1. The van der Waals surface area contributed by atoms with Crippen LogP contribution in [0, 0.1) is 0 Å². The molecule has 2 N–H and O–H groups in total. The number of nitrogens with one attached hydrogen (secondary N) is 1. The van der Waals surface area contributed by atoms with Gasteiger partial charge in [-0.2, -0.15) is 0 Å². The maximum atomic E-state index is 9.32. The van der Waals surface area contributed by atoms with E-state index in [0.717, 1.165) is 6.42 Å². The Balaban J connectivity index is 1.99. The molecule has 2 aliphatic rings. The quantitative estimate of drug-likeness (QED) is 0.647. The lowest BCUT2D eigenvalue weighted by molar-refractivity contribution is 0.134. The van der Waals surface area contributed by atoms with Crippen LogP contribution < -0.4 is 5.32 Å². The molecule has 0 saturated carbocycles. The smallest absolute Gasteiger partial charge is 0.0610 e. The average molecular weight is 198 g/mol. The average Bonchev–Trinajstić information content (AvgIpc) is 2.51. The van der Waals surface area contributed by atoms with Gasteiger partial charge in [0.2, 0.25) is 0 Å². The monoisotopic (exact) mass is 198 g/mol. The van der Waals surface area contributed by atoms with Crippen molar-refractivity contribution in [1.82, 2.24) is 10.2 Å². The summed E-state index contributed by atoms with van der Waals surface area (Å²) in [5, 5.41) is 13.0. The highest BCUT2D eigenvalue weighted by molar-refractivity contribution is 5.05. The third-order valence-electron chi connectivity index (χ3n) is 4.02. The topological polar surface area (TPSA) is 35.5 Å². The van der Waals surface area contributed by atoms with Crippen molar-refractivity contribution in [2.75, 3.05) is 26.7 Å². The van der Waals surface area contributed by atoms with Crippen molar-refractivity contribution >= 4 is 0 Å². The van der Waals surface area contributed by atoms with Crippen molar-refractivity contribution in [2.45, 2.75) is 43.7 Å². The Morgan fingerprint density at radius 1 is 1.21 bits per heavy atom. The molecule has 2 aliphatic heterocycles. The van der Waals surface area contributed by atoms with E-state index in [1.807, 2.05) is 0 Å². The summed E-state index contributed by atoms with van der Waals surface area (Å²) in [6, 6.07) is 0. The van der Waals surface area contributed by atoms with Crippen LogP contribution in [0.1, 0.15) is 32.6 Å². The summed E-state index contributed by atoms with van der Waals surface area (Å²) in [6.07, 6.45) is 4.82. The first-order valence-corrected chi connectivity index (χ1v) is 5.66. The zero-order valence-electron chi connectivity index (χ0n) is 9.34. The minimum Gasteiger partial charge on any atom is -0.394 e. The van der Waals surface area contributed by atoms with Crippen LogP contribution in [0.15, 0.2) is 0 Å². The van der Waals surface area contributed by atoms with E-state index in [0.29, 0.717) is 5.54 Å². The normalized spacial score (nSPS) is 37.9. The molecule has 0 aromatic rings. The van der Waals surface area contributed by atoms with E-state index in [2.05, 4.69) is 24.2 Å². The minimum absolute atomic E-state index is 0.0179. The molecule has 0 aromatic heterocycles. The van der Waals surface area contributed by atoms with Crippen LogP contribution in [0.4, 0.5) is 0 Å². The summed E-state index contributed by atoms with van der Waals surface area (Å²) in [5.41, 5.74) is 0.319. The largest absolute Gasteiger partial charge is 0.394 e. The Kier molecular flexibility index (Phi) is 2.58. The van der Waals surface area contributed by atoms with E-state index < -0.39 is 0 Å². The van der Waals surface area contributed by atoms with Gasteiger partial charge in [-0.3, -0.25) is 0 Å². The first-order chi connectivity index (χ1) is 6.58. The predicted octanol–water partition coefficient (Wildman–Crippen LogP) is 0.585. The summed E-state index contributed by atoms with van der Waals surface area (Å²) >= 11 is 0. The molecule has 1 unspecified atom stereocenters. The van der Waals surface area contributed by atoms with Crippen LogP contribution in [-0.4, -0.2) is 47.8 Å². The molecule has 2 heterocycles. The fourth-order valence-corrected chi connectivity index (χ4v) is 2.82. The molecular weight excluding hydrogens is 176 g/mol. The first-order valence-electron chi connectivity index (χ1n) is 5.66. The van der Waals surface area contributed by atoms with Crippen molar-refractivity contribution in [3.05, 3.63) is 0 Å². The van der Waals surface area contributed by atoms with Crippen LogP contribution in [0.2, 0.25) is 0 Å². The summed E-state index contributed by atoms with van der Waals surface area (Å²) < 4.78 is 0. The molecule has 3 nitrogen and oxygen atoms in total. The Bertz CT molecular complexity index is 206. The van der Waals surface area contributed by atoms with Gasteiger partial charge in [-0.15, -0.1) is 0 Å². The number of aliphatic hydroxyl groups is 1. The lowest BCUT2D eigenvalue weighted by Gasteiger charge is -2.40. The maximum Gasteiger partial charge on any atom is 0.0610 e. The lowest BCUT2D eigenvalue weighted by Crippen LogP contribution is -2.55. The van der Waals surface area contributed by atoms with Gasteiger partial charge in [-0.05, 0) is 52.7 Å². The second-order valence-corrected chi connectivity index (χ2v) is 5.43. The fraction of sp³-hybridized carbons (Fsp3) is 1.00. The van der Waals surface area contributed by atoms with Gasteiger partial charge in [0.25, 0.3) is 0 Å². The Morgan fingerprint density at radius 3 is 2.36 bits per heavy atom. The van der Waals surface area contributed by atoms with Crippen LogP contribution >= 0.6 is 0 Å². The lowest BCUT2D eigenvalue weighted by atomic mass is 9.86. The van der Waals surface area contributed by atoms with Crippen molar-refractivity contribution in [3.8, 4) is 0 Å². The number of likely N-dealkylation sites (tertiary alicyclic amines) is 1. The third kappa shape index (κ3) is 1.81. The van der Waals surface area contributed by atoms with Crippen LogP contribution in [-0.2, 0) is 0 Å². The van der Waals surface area contributed by atoms with Crippen molar-refractivity contribution < 1.29 is 5.11 Å². The Morgan fingerprint density at radius 2 is 1.86 bits per heavy atom. The van der Waals surface area contributed by atoms with E-state index in [4.69, 9.17) is 0 Å². The van der Waals surface area contributed by atoms with Crippen LogP contribution in [0.25, 0.3) is 0 Å². The van der Waals surface area contributed by atoms with E-state index in [-0.39, 0.29) is 12.1 Å². The molecule has 2 rings (SSSR count). The molecule has 82 valence electrons.